The van der Waals surface area contributed by atoms with Crippen molar-refractivity contribution in [2.45, 2.75) is 51.5 Å². The third-order valence-corrected chi connectivity index (χ3v) is 3.26. The molecule has 0 N–H and O–H groups in total. The van der Waals surface area contributed by atoms with Crippen molar-refractivity contribution >= 4 is 11.9 Å². The molecule has 0 aromatic heterocycles. The van der Waals surface area contributed by atoms with E-state index in [0.29, 0.717) is 13.2 Å². The Bertz CT molecular complexity index is 452. The van der Waals surface area contributed by atoms with Crippen LogP contribution in [0.5, 0.6) is 0 Å². The van der Waals surface area contributed by atoms with Crippen molar-refractivity contribution in [3.63, 3.8) is 0 Å². The van der Waals surface area contributed by atoms with Crippen molar-refractivity contribution in [1.82, 2.24) is 0 Å². The summed E-state index contributed by atoms with van der Waals surface area (Å²) in [5.41, 5.74) is -0.392. The molecule has 0 aromatic carbocycles. The number of rotatable bonds is 6. The van der Waals surface area contributed by atoms with Gasteiger partial charge in [-0.1, -0.05) is 0 Å². The second-order valence-electron chi connectivity index (χ2n) is 6.66. The molecule has 24 heavy (non-hydrogen) atoms. The highest BCUT2D eigenvalue weighted by atomic mass is 16.8. The smallest absolute Gasteiger partial charge is 0.331 e. The van der Waals surface area contributed by atoms with Crippen molar-refractivity contribution < 1.29 is 38.0 Å². The van der Waals surface area contributed by atoms with E-state index in [2.05, 4.69) is 0 Å². The third-order valence-electron chi connectivity index (χ3n) is 3.26. The van der Waals surface area contributed by atoms with Crippen LogP contribution in [0, 0.1) is 0 Å². The van der Waals surface area contributed by atoms with Gasteiger partial charge in [-0.2, -0.15) is 0 Å². The van der Waals surface area contributed by atoms with E-state index in [1.165, 1.54) is 0 Å². The largest absolute Gasteiger partial charge is 0.460 e. The van der Waals surface area contributed by atoms with E-state index in [1.807, 2.05) is 13.8 Å². The monoisotopic (exact) mass is 344 g/mol. The van der Waals surface area contributed by atoms with E-state index in [-0.39, 0.29) is 19.3 Å². The molecule has 0 aromatic rings. The average Bonchev–Trinajstić information content (AvgIpc) is 3.02. The van der Waals surface area contributed by atoms with Crippen molar-refractivity contribution in [3.05, 3.63) is 12.2 Å². The summed E-state index contributed by atoms with van der Waals surface area (Å²) in [5, 5.41) is 0. The number of hydrogen-bond donors (Lipinski definition) is 0. The summed E-state index contributed by atoms with van der Waals surface area (Å²) in [7, 11) is 0. The first kappa shape index (κ1) is 18.9. The van der Waals surface area contributed by atoms with E-state index in [1.54, 1.807) is 13.8 Å². The van der Waals surface area contributed by atoms with E-state index < -0.39 is 29.6 Å². The molecule has 2 saturated heterocycles. The summed E-state index contributed by atoms with van der Waals surface area (Å²) >= 11 is 0. The lowest BCUT2D eigenvalue weighted by Crippen LogP contribution is -2.25. The highest BCUT2D eigenvalue weighted by molar-refractivity contribution is 5.91. The molecule has 2 aliphatic rings. The molecular formula is C16H24O8. The van der Waals surface area contributed by atoms with Gasteiger partial charge in [-0.25, -0.2) is 9.59 Å². The van der Waals surface area contributed by atoms with E-state index in [4.69, 9.17) is 28.4 Å². The van der Waals surface area contributed by atoms with Gasteiger partial charge in [0.1, 0.15) is 19.3 Å². The Labute approximate surface area is 141 Å². The minimum atomic E-state index is -0.676. The highest BCUT2D eigenvalue weighted by Gasteiger charge is 2.34. The van der Waals surface area contributed by atoms with Crippen LogP contribution in [-0.4, -0.2) is 62.1 Å². The highest BCUT2D eigenvalue weighted by Crippen LogP contribution is 2.22. The van der Waals surface area contributed by atoms with Crippen molar-refractivity contribution in [2.75, 3.05) is 26.4 Å². The van der Waals surface area contributed by atoms with Gasteiger partial charge in [0.2, 0.25) is 0 Å². The Morgan fingerprint density at radius 2 is 1.67 bits per heavy atom. The Morgan fingerprint density at radius 1 is 1.04 bits per heavy atom. The quantitative estimate of drug-likeness (QED) is 0.519. The Morgan fingerprint density at radius 3 is 2.17 bits per heavy atom. The number of hydrogen-bond acceptors (Lipinski definition) is 8. The summed E-state index contributed by atoms with van der Waals surface area (Å²) in [4.78, 5) is 23.1. The average molecular weight is 344 g/mol. The normalized spacial score (nSPS) is 28.2. The summed E-state index contributed by atoms with van der Waals surface area (Å²) in [6.07, 6.45) is 1.10. The lowest BCUT2D eigenvalue weighted by molar-refractivity contribution is -0.156. The van der Waals surface area contributed by atoms with Crippen LogP contribution in [0.1, 0.15) is 27.7 Å². The van der Waals surface area contributed by atoms with Crippen LogP contribution in [0.4, 0.5) is 0 Å². The molecule has 2 fully saturated rings. The van der Waals surface area contributed by atoms with Crippen molar-refractivity contribution in [1.29, 1.82) is 0 Å². The molecular weight excluding hydrogens is 320 g/mol. The van der Waals surface area contributed by atoms with Crippen LogP contribution in [0.15, 0.2) is 12.2 Å². The van der Waals surface area contributed by atoms with Gasteiger partial charge < -0.3 is 28.4 Å². The zero-order valence-electron chi connectivity index (χ0n) is 14.4. The van der Waals surface area contributed by atoms with E-state index in [9.17, 15) is 9.59 Å². The van der Waals surface area contributed by atoms with Gasteiger partial charge in [0.25, 0.3) is 0 Å². The van der Waals surface area contributed by atoms with E-state index >= 15 is 0 Å². The lowest BCUT2D eigenvalue weighted by atomic mass is 10.2. The van der Waals surface area contributed by atoms with Gasteiger partial charge in [0.05, 0.1) is 18.8 Å². The van der Waals surface area contributed by atoms with Crippen LogP contribution in [0.25, 0.3) is 0 Å². The molecule has 0 spiro atoms. The SMILES string of the molecule is CC1(C)COC(COC(=O)/C=C\C(=O)OCC2COC(C)(C)O2)O1. The van der Waals surface area contributed by atoms with Gasteiger partial charge in [0, 0.05) is 12.2 Å². The fraction of sp³-hybridized carbons (Fsp3) is 0.750. The van der Waals surface area contributed by atoms with Gasteiger partial charge in [-0.3, -0.25) is 0 Å². The predicted molar refractivity (Wildman–Crippen MR) is 80.9 cm³/mol. The van der Waals surface area contributed by atoms with Gasteiger partial charge in [0.15, 0.2) is 12.1 Å². The maximum absolute atomic E-state index is 11.5. The van der Waals surface area contributed by atoms with Crippen LogP contribution in [0.2, 0.25) is 0 Å². The number of ether oxygens (including phenoxy) is 6. The molecule has 136 valence electrons. The van der Waals surface area contributed by atoms with Crippen LogP contribution >= 0.6 is 0 Å². The van der Waals surface area contributed by atoms with Gasteiger partial charge in [-0.05, 0) is 27.7 Å². The van der Waals surface area contributed by atoms with Crippen molar-refractivity contribution in [3.8, 4) is 0 Å². The number of carbonyl (C=O) groups is 2. The molecule has 0 radical (unpaired) electrons. The Balaban J connectivity index is 1.61. The van der Waals surface area contributed by atoms with Crippen molar-refractivity contribution in [2.24, 2.45) is 0 Å². The zero-order chi connectivity index (χ0) is 17.8. The summed E-state index contributed by atoms with van der Waals surface area (Å²) in [5.74, 6) is -2.00. The second kappa shape index (κ2) is 7.60. The van der Waals surface area contributed by atoms with Crippen LogP contribution in [0.3, 0.4) is 0 Å². The Hall–Kier alpha value is -1.48. The minimum absolute atomic E-state index is 0.0377. The molecule has 8 nitrogen and oxygen atoms in total. The number of esters is 2. The molecule has 8 heteroatoms. The molecule has 2 aliphatic heterocycles. The lowest BCUT2D eigenvalue weighted by Gasteiger charge is -2.16. The van der Waals surface area contributed by atoms with Gasteiger partial charge >= 0.3 is 11.9 Å². The summed E-state index contributed by atoms with van der Waals surface area (Å²) < 4.78 is 31.6. The van der Waals surface area contributed by atoms with E-state index in [0.717, 1.165) is 12.2 Å². The van der Waals surface area contributed by atoms with Crippen LogP contribution < -0.4 is 0 Å². The molecule has 0 saturated carbocycles. The molecule has 2 heterocycles. The Kier molecular flexibility index (Phi) is 5.97. The maximum atomic E-state index is 11.5. The topological polar surface area (TPSA) is 89.5 Å². The first-order valence-electron chi connectivity index (χ1n) is 7.78. The zero-order valence-corrected chi connectivity index (χ0v) is 14.4. The predicted octanol–water partition coefficient (Wildman–Crippen LogP) is 0.932. The second-order valence-corrected chi connectivity index (χ2v) is 6.66. The maximum Gasteiger partial charge on any atom is 0.331 e. The third kappa shape index (κ3) is 6.20. The number of carbonyl (C=O) groups excluding carboxylic acids is 2. The summed E-state index contributed by atoms with van der Waals surface area (Å²) in [6.45, 7) is 8.12. The van der Waals surface area contributed by atoms with Crippen LogP contribution in [-0.2, 0) is 38.0 Å². The molecule has 0 amide bonds. The van der Waals surface area contributed by atoms with Gasteiger partial charge in [-0.15, -0.1) is 0 Å². The minimum Gasteiger partial charge on any atom is -0.460 e. The molecule has 2 unspecified atom stereocenters. The fourth-order valence-electron chi connectivity index (χ4n) is 2.20. The fourth-order valence-corrected chi connectivity index (χ4v) is 2.20. The molecule has 0 bridgehead atoms. The standard InChI is InChI=1S/C16H24O8/c1-15(2)10-21-14(24-15)9-20-13(18)6-5-12(17)19-7-11-8-22-16(3,4)23-11/h5-6,11,14H,7-10H2,1-4H3/b6-5-. The molecule has 2 atom stereocenters. The molecule has 0 aliphatic carbocycles. The first-order valence-corrected chi connectivity index (χ1v) is 7.78. The molecule has 2 rings (SSSR count). The first-order chi connectivity index (χ1) is 11.2. The summed E-state index contributed by atoms with van der Waals surface area (Å²) in [6, 6.07) is 0.